The Hall–Kier alpha value is -2.89. The molecule has 0 unspecified atom stereocenters. The van der Waals surface area contributed by atoms with Crippen LogP contribution in [0.4, 0.5) is 0 Å². The molecule has 0 amide bonds. The Morgan fingerprint density at radius 2 is 2.14 bits per heavy atom. The molecule has 2 heterocycles. The Labute approximate surface area is 125 Å². The van der Waals surface area contributed by atoms with Crippen LogP contribution in [0.1, 0.15) is 17.3 Å². The SMILES string of the molecule is CCOC(=O)c1cn(OC)c2c(ccc3cccnc32)c1=O. The molecule has 0 aliphatic carbocycles. The van der Waals surface area contributed by atoms with Crippen LogP contribution in [0.2, 0.25) is 0 Å². The van der Waals surface area contributed by atoms with Gasteiger partial charge in [0.15, 0.2) is 0 Å². The monoisotopic (exact) mass is 298 g/mol. The third-order valence-corrected chi connectivity index (χ3v) is 3.40. The number of pyridine rings is 2. The van der Waals surface area contributed by atoms with Crippen LogP contribution in [-0.2, 0) is 4.74 Å². The summed E-state index contributed by atoms with van der Waals surface area (Å²) in [4.78, 5) is 34.1. The summed E-state index contributed by atoms with van der Waals surface area (Å²) in [5, 5.41) is 1.24. The van der Waals surface area contributed by atoms with Gasteiger partial charge in [0.25, 0.3) is 0 Å². The van der Waals surface area contributed by atoms with Gasteiger partial charge < -0.3 is 9.57 Å². The van der Waals surface area contributed by atoms with Crippen molar-refractivity contribution in [1.29, 1.82) is 0 Å². The third-order valence-electron chi connectivity index (χ3n) is 3.40. The average Bonchev–Trinajstić information content (AvgIpc) is 2.55. The Balaban J connectivity index is 2.42. The van der Waals surface area contributed by atoms with Crippen LogP contribution in [-0.4, -0.2) is 29.4 Å². The van der Waals surface area contributed by atoms with Gasteiger partial charge in [0.05, 0.1) is 23.7 Å². The zero-order valence-corrected chi connectivity index (χ0v) is 12.2. The van der Waals surface area contributed by atoms with Gasteiger partial charge in [-0.3, -0.25) is 9.78 Å². The summed E-state index contributed by atoms with van der Waals surface area (Å²) in [6, 6.07) is 7.17. The lowest BCUT2D eigenvalue weighted by atomic mass is 10.1. The van der Waals surface area contributed by atoms with Crippen molar-refractivity contribution in [1.82, 2.24) is 9.71 Å². The summed E-state index contributed by atoms with van der Waals surface area (Å²) in [6.07, 6.45) is 2.99. The highest BCUT2D eigenvalue weighted by Gasteiger charge is 2.18. The predicted octanol–water partition coefficient (Wildman–Crippen LogP) is 1.78. The van der Waals surface area contributed by atoms with Crippen LogP contribution < -0.4 is 10.3 Å². The van der Waals surface area contributed by atoms with E-state index in [2.05, 4.69) is 4.98 Å². The van der Waals surface area contributed by atoms with E-state index in [0.29, 0.717) is 16.4 Å². The number of ether oxygens (including phenoxy) is 1. The molecule has 0 aliphatic rings. The number of benzene rings is 1. The molecule has 22 heavy (non-hydrogen) atoms. The second kappa shape index (κ2) is 5.48. The lowest BCUT2D eigenvalue weighted by Gasteiger charge is -2.12. The highest BCUT2D eigenvalue weighted by Crippen LogP contribution is 2.21. The van der Waals surface area contributed by atoms with Crippen LogP contribution in [0, 0.1) is 0 Å². The molecule has 6 nitrogen and oxygen atoms in total. The van der Waals surface area contributed by atoms with E-state index in [1.54, 1.807) is 25.3 Å². The maximum atomic E-state index is 12.6. The molecule has 0 saturated carbocycles. The molecule has 0 fully saturated rings. The molecule has 0 N–H and O–H groups in total. The minimum atomic E-state index is -0.665. The van der Waals surface area contributed by atoms with Crippen molar-refractivity contribution in [3.63, 3.8) is 0 Å². The summed E-state index contributed by atoms with van der Waals surface area (Å²) < 4.78 is 6.29. The molecule has 3 rings (SSSR count). The van der Waals surface area contributed by atoms with Gasteiger partial charge in [0.1, 0.15) is 18.2 Å². The number of nitrogens with zero attached hydrogens (tertiary/aromatic N) is 2. The fraction of sp³-hybridized carbons (Fsp3) is 0.188. The topological polar surface area (TPSA) is 70.4 Å². The van der Waals surface area contributed by atoms with Crippen LogP contribution in [0.15, 0.2) is 41.5 Å². The lowest BCUT2D eigenvalue weighted by molar-refractivity contribution is 0.0520. The first-order valence-electron chi connectivity index (χ1n) is 6.82. The van der Waals surface area contributed by atoms with Gasteiger partial charge in [-0.2, -0.15) is 4.73 Å². The van der Waals surface area contributed by atoms with E-state index >= 15 is 0 Å². The Bertz CT molecular complexity index is 930. The Morgan fingerprint density at radius 1 is 1.32 bits per heavy atom. The number of carbonyl (C=O) groups is 1. The highest BCUT2D eigenvalue weighted by molar-refractivity contribution is 6.04. The van der Waals surface area contributed by atoms with Crippen molar-refractivity contribution < 1.29 is 14.4 Å². The van der Waals surface area contributed by atoms with Gasteiger partial charge in [-0.15, -0.1) is 0 Å². The minimum Gasteiger partial charge on any atom is -0.462 e. The molecule has 0 spiro atoms. The first kappa shape index (κ1) is 14.1. The van der Waals surface area contributed by atoms with Crippen molar-refractivity contribution in [2.75, 3.05) is 13.7 Å². The van der Waals surface area contributed by atoms with Gasteiger partial charge in [-0.25, -0.2) is 4.79 Å². The quantitative estimate of drug-likeness (QED) is 0.544. The van der Waals surface area contributed by atoms with Gasteiger partial charge in [-0.1, -0.05) is 12.1 Å². The zero-order valence-electron chi connectivity index (χ0n) is 12.2. The summed E-state index contributed by atoms with van der Waals surface area (Å²) >= 11 is 0. The summed E-state index contributed by atoms with van der Waals surface area (Å²) in [5.74, 6) is -0.665. The lowest BCUT2D eigenvalue weighted by Crippen LogP contribution is -2.22. The third kappa shape index (κ3) is 2.09. The molecular formula is C16H14N2O4. The van der Waals surface area contributed by atoms with Crippen molar-refractivity contribution in [2.24, 2.45) is 0 Å². The molecule has 6 heteroatoms. The number of hydrogen-bond acceptors (Lipinski definition) is 5. The number of esters is 1. The summed E-state index contributed by atoms with van der Waals surface area (Å²) in [6.45, 7) is 1.88. The smallest absolute Gasteiger partial charge is 0.343 e. The second-order valence-corrected chi connectivity index (χ2v) is 4.64. The molecule has 0 atom stereocenters. The number of carbonyl (C=O) groups excluding carboxylic acids is 1. The van der Waals surface area contributed by atoms with Crippen molar-refractivity contribution in [3.8, 4) is 0 Å². The standard InChI is InChI=1S/C16H14N2O4/c1-3-22-16(20)12-9-18(21-2)14-11(15(12)19)7-6-10-5-4-8-17-13(10)14/h4-9H,3H2,1-2H3. The molecule has 2 aromatic heterocycles. The van der Waals surface area contributed by atoms with E-state index in [-0.39, 0.29) is 12.2 Å². The van der Waals surface area contributed by atoms with Crippen LogP contribution in [0.25, 0.3) is 21.8 Å². The summed E-state index contributed by atoms with van der Waals surface area (Å²) in [5.41, 5.74) is 0.703. The molecule has 0 radical (unpaired) electrons. The molecular weight excluding hydrogens is 284 g/mol. The average molecular weight is 298 g/mol. The van der Waals surface area contributed by atoms with Crippen LogP contribution >= 0.6 is 0 Å². The van der Waals surface area contributed by atoms with Gasteiger partial charge in [0.2, 0.25) is 5.43 Å². The first-order chi connectivity index (χ1) is 10.7. The number of rotatable bonds is 3. The van der Waals surface area contributed by atoms with E-state index in [9.17, 15) is 9.59 Å². The van der Waals surface area contributed by atoms with E-state index in [1.807, 2.05) is 12.1 Å². The van der Waals surface area contributed by atoms with E-state index in [4.69, 9.17) is 9.57 Å². The Kier molecular flexibility index (Phi) is 3.50. The largest absolute Gasteiger partial charge is 0.462 e. The fourth-order valence-electron chi connectivity index (χ4n) is 2.42. The summed E-state index contributed by atoms with van der Waals surface area (Å²) in [7, 11) is 1.46. The van der Waals surface area contributed by atoms with Crippen molar-refractivity contribution in [2.45, 2.75) is 6.92 Å². The highest BCUT2D eigenvalue weighted by atomic mass is 16.6. The van der Waals surface area contributed by atoms with Gasteiger partial charge >= 0.3 is 5.97 Å². The molecule has 3 aromatic rings. The maximum absolute atomic E-state index is 12.6. The molecule has 0 aliphatic heterocycles. The number of aromatic nitrogens is 2. The minimum absolute atomic E-state index is 0.0634. The first-order valence-corrected chi connectivity index (χ1v) is 6.82. The predicted molar refractivity (Wildman–Crippen MR) is 82.0 cm³/mol. The zero-order chi connectivity index (χ0) is 15.7. The molecule has 1 aromatic carbocycles. The molecule has 0 bridgehead atoms. The van der Waals surface area contributed by atoms with Gasteiger partial charge in [0, 0.05) is 11.6 Å². The van der Waals surface area contributed by atoms with E-state index < -0.39 is 11.4 Å². The normalized spacial score (nSPS) is 10.8. The maximum Gasteiger partial charge on any atom is 0.343 e. The Morgan fingerprint density at radius 3 is 2.86 bits per heavy atom. The van der Waals surface area contributed by atoms with Crippen LogP contribution in [0.3, 0.4) is 0 Å². The molecule has 0 saturated heterocycles. The van der Waals surface area contributed by atoms with Crippen LogP contribution in [0.5, 0.6) is 0 Å². The second-order valence-electron chi connectivity index (χ2n) is 4.64. The number of hydrogen-bond donors (Lipinski definition) is 0. The van der Waals surface area contributed by atoms with Crippen molar-refractivity contribution in [3.05, 3.63) is 52.4 Å². The van der Waals surface area contributed by atoms with Gasteiger partial charge in [-0.05, 0) is 19.1 Å². The van der Waals surface area contributed by atoms with E-state index in [0.717, 1.165) is 5.39 Å². The van der Waals surface area contributed by atoms with E-state index in [1.165, 1.54) is 18.0 Å². The fourth-order valence-corrected chi connectivity index (χ4v) is 2.42. The molecule has 112 valence electrons. The van der Waals surface area contributed by atoms with Crippen molar-refractivity contribution >= 4 is 27.8 Å². The number of fused-ring (bicyclic) bond motifs is 3.